The van der Waals surface area contributed by atoms with E-state index in [1.807, 2.05) is 12.4 Å². The van der Waals surface area contributed by atoms with Crippen LogP contribution >= 0.6 is 0 Å². The third kappa shape index (κ3) is 3.48. The number of hydrogen-bond donors (Lipinski definition) is 1. The largest absolute Gasteiger partial charge is 0.355 e. The molecule has 1 saturated heterocycles. The Hall–Kier alpha value is -1.16. The average Bonchev–Trinajstić information content (AvgIpc) is 2.53. The van der Waals surface area contributed by atoms with Crippen molar-refractivity contribution in [2.45, 2.75) is 53.0 Å². The van der Waals surface area contributed by atoms with Crippen LogP contribution in [0.5, 0.6) is 0 Å². The van der Waals surface area contributed by atoms with Crippen molar-refractivity contribution in [3.05, 3.63) is 18.1 Å². The van der Waals surface area contributed by atoms with Crippen LogP contribution in [0, 0.1) is 5.41 Å². The van der Waals surface area contributed by atoms with E-state index >= 15 is 0 Å². The van der Waals surface area contributed by atoms with Crippen LogP contribution < -0.4 is 10.2 Å². The lowest BCUT2D eigenvalue weighted by molar-refractivity contribution is 0.199. The van der Waals surface area contributed by atoms with Crippen molar-refractivity contribution in [2.75, 3.05) is 24.5 Å². The van der Waals surface area contributed by atoms with Crippen molar-refractivity contribution in [1.29, 1.82) is 0 Å². The number of piperidine rings is 1. The molecule has 0 bridgehead atoms. The average molecular weight is 276 g/mol. The maximum Gasteiger partial charge on any atom is 0.147 e. The van der Waals surface area contributed by atoms with Gasteiger partial charge in [-0.15, -0.1) is 0 Å². The molecule has 0 atom stereocenters. The van der Waals surface area contributed by atoms with Gasteiger partial charge < -0.3 is 10.2 Å². The summed E-state index contributed by atoms with van der Waals surface area (Å²) in [5.74, 6) is 1.04. The molecule has 0 unspecified atom stereocenters. The standard InChI is InChI=1S/C16H28N4/c1-4-16(5-2)7-9-20(10-8-16)15-13-18-12-14(19-15)11-17-6-3/h12-13,17H,4-11H2,1-3H3. The molecule has 2 heterocycles. The summed E-state index contributed by atoms with van der Waals surface area (Å²) in [4.78, 5) is 11.5. The van der Waals surface area contributed by atoms with Crippen LogP contribution in [0.15, 0.2) is 12.4 Å². The molecule has 0 saturated carbocycles. The number of hydrogen-bond acceptors (Lipinski definition) is 4. The molecule has 0 radical (unpaired) electrons. The van der Waals surface area contributed by atoms with E-state index in [-0.39, 0.29) is 0 Å². The molecule has 1 fully saturated rings. The van der Waals surface area contributed by atoms with Gasteiger partial charge in [0, 0.05) is 25.8 Å². The van der Waals surface area contributed by atoms with Gasteiger partial charge in [-0.3, -0.25) is 4.98 Å². The van der Waals surface area contributed by atoms with E-state index in [9.17, 15) is 0 Å². The van der Waals surface area contributed by atoms with Crippen molar-refractivity contribution in [3.63, 3.8) is 0 Å². The summed E-state index contributed by atoms with van der Waals surface area (Å²) in [5, 5.41) is 3.31. The fraction of sp³-hybridized carbons (Fsp3) is 0.750. The maximum absolute atomic E-state index is 4.73. The SMILES string of the molecule is CCNCc1cncc(N2CCC(CC)(CC)CC2)n1. The topological polar surface area (TPSA) is 41.1 Å². The summed E-state index contributed by atoms with van der Waals surface area (Å²) < 4.78 is 0. The Morgan fingerprint density at radius 3 is 2.45 bits per heavy atom. The molecule has 2 rings (SSSR count). The summed E-state index contributed by atoms with van der Waals surface area (Å²) in [6, 6.07) is 0. The monoisotopic (exact) mass is 276 g/mol. The molecule has 20 heavy (non-hydrogen) atoms. The fourth-order valence-electron chi connectivity index (χ4n) is 3.05. The molecular weight excluding hydrogens is 248 g/mol. The number of anilines is 1. The third-order valence-electron chi connectivity index (χ3n) is 4.88. The van der Waals surface area contributed by atoms with Gasteiger partial charge in [-0.1, -0.05) is 33.6 Å². The summed E-state index contributed by atoms with van der Waals surface area (Å²) in [7, 11) is 0. The van der Waals surface area contributed by atoms with Crippen LogP contribution in [0.4, 0.5) is 5.82 Å². The molecule has 0 amide bonds. The zero-order chi connectivity index (χ0) is 14.4. The van der Waals surface area contributed by atoms with Gasteiger partial charge in [0.2, 0.25) is 0 Å². The molecule has 112 valence electrons. The number of aromatic nitrogens is 2. The highest BCUT2D eigenvalue weighted by Gasteiger charge is 2.31. The van der Waals surface area contributed by atoms with Crippen LogP contribution in [-0.2, 0) is 6.54 Å². The van der Waals surface area contributed by atoms with Crippen molar-refractivity contribution in [1.82, 2.24) is 15.3 Å². The van der Waals surface area contributed by atoms with Crippen LogP contribution in [-0.4, -0.2) is 29.6 Å². The van der Waals surface area contributed by atoms with E-state index < -0.39 is 0 Å². The summed E-state index contributed by atoms with van der Waals surface area (Å²) in [5.41, 5.74) is 1.60. The first-order chi connectivity index (χ1) is 9.73. The lowest BCUT2D eigenvalue weighted by atomic mass is 9.74. The Morgan fingerprint density at radius 2 is 1.85 bits per heavy atom. The van der Waals surface area contributed by atoms with Gasteiger partial charge in [-0.25, -0.2) is 4.98 Å². The lowest BCUT2D eigenvalue weighted by Crippen LogP contribution is -2.40. The van der Waals surface area contributed by atoms with E-state index in [2.05, 4.69) is 36.0 Å². The molecule has 1 aromatic rings. The smallest absolute Gasteiger partial charge is 0.147 e. The fourth-order valence-corrected chi connectivity index (χ4v) is 3.05. The van der Waals surface area contributed by atoms with E-state index in [1.54, 1.807) is 0 Å². The molecule has 1 aliphatic heterocycles. The van der Waals surface area contributed by atoms with Gasteiger partial charge in [-0.05, 0) is 24.8 Å². The Morgan fingerprint density at radius 1 is 1.15 bits per heavy atom. The van der Waals surface area contributed by atoms with Gasteiger partial charge in [0.05, 0.1) is 11.9 Å². The number of nitrogens with one attached hydrogen (secondary N) is 1. The zero-order valence-electron chi connectivity index (χ0n) is 13.2. The third-order valence-corrected chi connectivity index (χ3v) is 4.88. The second-order valence-corrected chi connectivity index (χ2v) is 5.84. The van der Waals surface area contributed by atoms with Crippen molar-refractivity contribution >= 4 is 5.82 Å². The van der Waals surface area contributed by atoms with E-state index in [4.69, 9.17) is 4.98 Å². The molecule has 0 aliphatic carbocycles. The van der Waals surface area contributed by atoms with Crippen molar-refractivity contribution in [2.24, 2.45) is 5.41 Å². The molecule has 1 aliphatic rings. The normalized spacial score (nSPS) is 18.2. The first kappa shape index (κ1) is 15.2. The minimum atomic E-state index is 0.561. The predicted octanol–water partition coefficient (Wildman–Crippen LogP) is 2.99. The molecule has 0 spiro atoms. The maximum atomic E-state index is 4.73. The minimum Gasteiger partial charge on any atom is -0.355 e. The Labute approximate surface area is 123 Å². The zero-order valence-corrected chi connectivity index (χ0v) is 13.2. The Balaban J connectivity index is 1.99. The van der Waals surface area contributed by atoms with Crippen molar-refractivity contribution < 1.29 is 0 Å². The van der Waals surface area contributed by atoms with Crippen LogP contribution in [0.25, 0.3) is 0 Å². The summed E-state index contributed by atoms with van der Waals surface area (Å²) >= 11 is 0. The van der Waals surface area contributed by atoms with Gasteiger partial charge in [0.15, 0.2) is 0 Å². The van der Waals surface area contributed by atoms with Crippen LogP contribution in [0.3, 0.4) is 0 Å². The minimum absolute atomic E-state index is 0.561. The van der Waals surface area contributed by atoms with Crippen LogP contribution in [0.2, 0.25) is 0 Å². The van der Waals surface area contributed by atoms with Gasteiger partial charge >= 0.3 is 0 Å². The van der Waals surface area contributed by atoms with Gasteiger partial charge in [0.25, 0.3) is 0 Å². The molecule has 0 aromatic carbocycles. The van der Waals surface area contributed by atoms with Gasteiger partial charge in [-0.2, -0.15) is 0 Å². The second kappa shape index (κ2) is 7.02. The first-order valence-electron chi connectivity index (χ1n) is 7.99. The highest BCUT2D eigenvalue weighted by atomic mass is 15.2. The first-order valence-corrected chi connectivity index (χ1v) is 7.99. The van der Waals surface area contributed by atoms with Gasteiger partial charge in [0.1, 0.15) is 5.82 Å². The Bertz CT molecular complexity index is 405. The number of nitrogens with zero attached hydrogens (tertiary/aromatic N) is 3. The lowest BCUT2D eigenvalue weighted by Gasteiger charge is -2.41. The van der Waals surface area contributed by atoms with E-state index in [1.165, 1.54) is 25.7 Å². The molecule has 1 N–H and O–H groups in total. The highest BCUT2D eigenvalue weighted by molar-refractivity contribution is 5.37. The quantitative estimate of drug-likeness (QED) is 0.867. The summed E-state index contributed by atoms with van der Waals surface area (Å²) in [6.45, 7) is 10.8. The van der Waals surface area contributed by atoms with E-state index in [0.717, 1.165) is 37.7 Å². The van der Waals surface area contributed by atoms with Crippen molar-refractivity contribution in [3.8, 4) is 0 Å². The Kier molecular flexibility index (Phi) is 5.35. The highest BCUT2D eigenvalue weighted by Crippen LogP contribution is 2.38. The molecular formula is C16H28N4. The molecule has 4 heteroatoms. The van der Waals surface area contributed by atoms with E-state index in [0.29, 0.717) is 5.41 Å². The molecule has 1 aromatic heterocycles. The summed E-state index contributed by atoms with van der Waals surface area (Å²) in [6.07, 6.45) is 8.91. The molecule has 4 nitrogen and oxygen atoms in total. The predicted molar refractivity (Wildman–Crippen MR) is 83.9 cm³/mol. The van der Waals surface area contributed by atoms with Crippen LogP contribution in [0.1, 0.15) is 52.1 Å². The second-order valence-electron chi connectivity index (χ2n) is 5.84. The number of rotatable bonds is 6.